The van der Waals surface area contributed by atoms with Gasteiger partial charge in [-0.1, -0.05) is 13.0 Å². The topological polar surface area (TPSA) is 164 Å². The van der Waals surface area contributed by atoms with E-state index in [9.17, 15) is 29.7 Å². The molecular formula is C29H33IN2O10. The molecule has 4 N–H and O–H groups in total. The van der Waals surface area contributed by atoms with E-state index in [0.717, 1.165) is 0 Å². The van der Waals surface area contributed by atoms with E-state index in [1.165, 1.54) is 18.1 Å². The van der Waals surface area contributed by atoms with Crippen LogP contribution >= 0.6 is 22.6 Å². The number of benzene rings is 2. The number of hydrogen-bond acceptors (Lipinski definition) is 10. The molecule has 0 saturated heterocycles. The molecular weight excluding hydrogens is 663 g/mol. The summed E-state index contributed by atoms with van der Waals surface area (Å²) in [4.78, 5) is 40.5. The normalized spacial score (nSPS) is 19.1. The molecule has 12 nitrogen and oxygen atoms in total. The van der Waals surface area contributed by atoms with E-state index in [-0.39, 0.29) is 57.3 Å². The Bertz CT molecular complexity index is 1360. The lowest BCUT2D eigenvalue weighted by Crippen LogP contribution is -2.56. The van der Waals surface area contributed by atoms with Crippen LogP contribution in [0.4, 0.5) is 0 Å². The predicted molar refractivity (Wildman–Crippen MR) is 157 cm³/mol. The summed E-state index contributed by atoms with van der Waals surface area (Å²) in [5.74, 6) is -0.368. The summed E-state index contributed by atoms with van der Waals surface area (Å²) in [6.07, 6.45) is -1.16. The molecule has 1 aliphatic carbocycles. The number of hydrogen-bond donors (Lipinski definition) is 4. The van der Waals surface area contributed by atoms with Crippen LogP contribution in [0.1, 0.15) is 30.9 Å². The molecule has 0 spiro atoms. The van der Waals surface area contributed by atoms with E-state index in [0.29, 0.717) is 31.9 Å². The zero-order valence-corrected chi connectivity index (χ0v) is 25.3. The Hall–Kier alpha value is -3.40. The van der Waals surface area contributed by atoms with Crippen LogP contribution in [-0.2, 0) is 27.5 Å². The zero-order chi connectivity index (χ0) is 30.4. The number of nitrogens with one attached hydrogen (secondary N) is 1. The van der Waals surface area contributed by atoms with E-state index in [1.54, 1.807) is 37.3 Å². The van der Waals surface area contributed by atoms with Gasteiger partial charge in [0.2, 0.25) is 18.5 Å². The highest BCUT2D eigenvalue weighted by Crippen LogP contribution is 2.38. The molecule has 42 heavy (non-hydrogen) atoms. The van der Waals surface area contributed by atoms with Crippen molar-refractivity contribution in [3.05, 3.63) is 56.7 Å². The van der Waals surface area contributed by atoms with Crippen LogP contribution in [-0.4, -0.2) is 83.1 Å². The van der Waals surface area contributed by atoms with Crippen molar-refractivity contribution in [2.45, 2.75) is 51.2 Å². The van der Waals surface area contributed by atoms with E-state index >= 15 is 0 Å². The molecule has 3 atom stereocenters. The number of Topliss-reactive ketones (excluding diaryl/α,β-unsaturated/α-hetero) is 1. The Labute approximate surface area is 256 Å². The van der Waals surface area contributed by atoms with Gasteiger partial charge in [-0.25, -0.2) is 0 Å². The molecule has 4 rings (SSSR count). The van der Waals surface area contributed by atoms with Crippen molar-refractivity contribution < 1.29 is 48.7 Å². The Kier molecular flexibility index (Phi) is 10.6. The first-order valence-electron chi connectivity index (χ1n) is 13.3. The van der Waals surface area contributed by atoms with Gasteiger partial charge in [0.15, 0.2) is 23.0 Å². The van der Waals surface area contributed by atoms with Crippen molar-refractivity contribution in [3.8, 4) is 23.0 Å². The maximum atomic E-state index is 13.5. The number of aliphatic hydroxyl groups excluding tert-OH is 3. The third-order valence-electron chi connectivity index (χ3n) is 6.95. The number of rotatable bonds is 12. The first-order valence-corrected chi connectivity index (χ1v) is 14.4. The smallest absolute Gasteiger partial charge is 0.290 e. The molecule has 0 bridgehead atoms. The molecule has 0 unspecified atom stereocenters. The standard InChI is InChI=1S/C29H33IN2O10/c1-3-21(35)29(38)32(13-16-4-5-22-23(9-16)41-15-40-22)20-11-18(28(37)31-6-7-33)12-24(26(20)36)42-27-19(30)8-17(14-34)10-25(27)39-2/h4-5,8-10,12,20,24,26,33-34,36H,3,6-7,11,13-15H2,1-2H3,(H,31,37)/t20-,24+,26+/m1/s1. The van der Waals surface area contributed by atoms with Gasteiger partial charge in [0.1, 0.15) is 12.2 Å². The average Bonchev–Trinajstić information content (AvgIpc) is 3.47. The number of fused-ring (bicyclic) bond motifs is 1. The Balaban J connectivity index is 1.73. The Morgan fingerprint density at radius 2 is 1.88 bits per heavy atom. The SMILES string of the molecule is CCC(=O)C(=O)N(Cc1ccc2c(c1)OCO2)[C@@H]1CC(C(=O)NCCO)=C[C@H](Oc2c(I)cc(CO)cc2OC)[C@H]1O. The summed E-state index contributed by atoms with van der Waals surface area (Å²) in [6, 6.07) is 7.38. The maximum Gasteiger partial charge on any atom is 0.290 e. The van der Waals surface area contributed by atoms with Gasteiger partial charge in [-0.05, 0) is 64.1 Å². The van der Waals surface area contributed by atoms with Gasteiger partial charge in [0.05, 0.1) is 29.9 Å². The second-order valence-electron chi connectivity index (χ2n) is 9.68. The van der Waals surface area contributed by atoms with Crippen molar-refractivity contribution in [2.75, 3.05) is 27.1 Å². The lowest BCUT2D eigenvalue weighted by molar-refractivity contribution is -0.149. The third-order valence-corrected chi connectivity index (χ3v) is 7.75. The number of carbonyl (C=O) groups is 3. The van der Waals surface area contributed by atoms with Crippen LogP contribution in [0.15, 0.2) is 42.0 Å². The number of ether oxygens (including phenoxy) is 4. The number of methoxy groups -OCH3 is 1. The summed E-state index contributed by atoms with van der Waals surface area (Å²) in [5, 5.41) is 33.1. The number of aliphatic hydroxyl groups is 3. The van der Waals surface area contributed by atoms with Gasteiger partial charge in [-0.15, -0.1) is 0 Å². The largest absolute Gasteiger partial charge is 0.493 e. The van der Waals surface area contributed by atoms with Gasteiger partial charge in [-0.2, -0.15) is 0 Å². The summed E-state index contributed by atoms with van der Waals surface area (Å²) >= 11 is 2.01. The van der Waals surface area contributed by atoms with Crippen LogP contribution in [0.2, 0.25) is 0 Å². The highest BCUT2D eigenvalue weighted by molar-refractivity contribution is 14.1. The predicted octanol–water partition coefficient (Wildman–Crippen LogP) is 1.44. The second kappa shape index (κ2) is 14.2. The summed E-state index contributed by atoms with van der Waals surface area (Å²) in [7, 11) is 1.44. The van der Waals surface area contributed by atoms with E-state index in [2.05, 4.69) is 5.32 Å². The molecule has 1 heterocycles. The Morgan fingerprint density at radius 3 is 2.57 bits per heavy atom. The summed E-state index contributed by atoms with van der Waals surface area (Å²) in [6.45, 7) is 1.06. The van der Waals surface area contributed by atoms with Gasteiger partial charge in [0, 0.05) is 31.5 Å². The van der Waals surface area contributed by atoms with Gasteiger partial charge in [0.25, 0.3) is 5.91 Å². The molecule has 2 amide bonds. The second-order valence-corrected chi connectivity index (χ2v) is 10.8. The molecule has 0 fully saturated rings. The van der Waals surface area contributed by atoms with Crippen LogP contribution in [0, 0.1) is 3.57 Å². The van der Waals surface area contributed by atoms with Crippen LogP contribution < -0.4 is 24.3 Å². The van der Waals surface area contributed by atoms with Crippen molar-refractivity contribution in [2.24, 2.45) is 0 Å². The van der Waals surface area contributed by atoms with E-state index in [1.807, 2.05) is 22.6 Å². The number of halogens is 1. The minimum atomic E-state index is -1.36. The number of amides is 2. The lowest BCUT2D eigenvalue weighted by Gasteiger charge is -2.40. The summed E-state index contributed by atoms with van der Waals surface area (Å²) in [5.41, 5.74) is 1.42. The fourth-order valence-electron chi connectivity index (χ4n) is 4.78. The monoisotopic (exact) mass is 696 g/mol. The quantitative estimate of drug-likeness (QED) is 0.189. The molecule has 0 radical (unpaired) electrons. The van der Waals surface area contributed by atoms with Crippen LogP contribution in [0.3, 0.4) is 0 Å². The van der Waals surface area contributed by atoms with Crippen LogP contribution in [0.5, 0.6) is 23.0 Å². The van der Waals surface area contributed by atoms with Crippen molar-refractivity contribution >= 4 is 40.2 Å². The first-order chi connectivity index (χ1) is 20.2. The first kappa shape index (κ1) is 31.5. The highest BCUT2D eigenvalue weighted by Gasteiger charge is 2.42. The van der Waals surface area contributed by atoms with Crippen molar-refractivity contribution in [1.29, 1.82) is 0 Å². The number of carbonyl (C=O) groups excluding carboxylic acids is 3. The zero-order valence-electron chi connectivity index (χ0n) is 23.2. The maximum absolute atomic E-state index is 13.5. The molecule has 2 aliphatic rings. The lowest BCUT2D eigenvalue weighted by atomic mass is 9.87. The fourth-order valence-corrected chi connectivity index (χ4v) is 5.57. The number of ketones is 1. The van der Waals surface area contributed by atoms with E-state index < -0.39 is 35.8 Å². The minimum absolute atomic E-state index is 0.00256. The summed E-state index contributed by atoms with van der Waals surface area (Å²) < 4.78 is 23.1. The van der Waals surface area contributed by atoms with E-state index in [4.69, 9.17) is 18.9 Å². The van der Waals surface area contributed by atoms with Gasteiger partial charge in [-0.3, -0.25) is 14.4 Å². The molecule has 2 aromatic rings. The number of nitrogens with zero attached hydrogens (tertiary/aromatic N) is 1. The Morgan fingerprint density at radius 1 is 1.12 bits per heavy atom. The fraction of sp³-hybridized carbons (Fsp3) is 0.414. The highest BCUT2D eigenvalue weighted by atomic mass is 127. The van der Waals surface area contributed by atoms with Gasteiger partial charge < -0.3 is 44.5 Å². The van der Waals surface area contributed by atoms with Gasteiger partial charge >= 0.3 is 0 Å². The molecule has 2 aromatic carbocycles. The molecule has 1 aliphatic heterocycles. The average molecular weight is 696 g/mol. The third kappa shape index (κ3) is 6.97. The molecule has 0 saturated carbocycles. The minimum Gasteiger partial charge on any atom is -0.493 e. The molecule has 13 heteroatoms. The van der Waals surface area contributed by atoms with Crippen molar-refractivity contribution in [3.63, 3.8) is 0 Å². The van der Waals surface area contributed by atoms with Crippen LogP contribution in [0.25, 0.3) is 0 Å². The molecule has 0 aromatic heterocycles. The molecule has 226 valence electrons. The van der Waals surface area contributed by atoms with Crippen molar-refractivity contribution in [1.82, 2.24) is 10.2 Å².